The Balaban J connectivity index is 0.00000144. The van der Waals surface area contributed by atoms with Crippen LogP contribution in [0.4, 0.5) is 0 Å². The van der Waals surface area contributed by atoms with Crippen molar-refractivity contribution in [3.05, 3.63) is 29.8 Å². The van der Waals surface area contributed by atoms with Crippen molar-refractivity contribution in [2.75, 3.05) is 0 Å². The number of rotatable bonds is 2. The Morgan fingerprint density at radius 3 is 2.38 bits per heavy atom. The van der Waals surface area contributed by atoms with E-state index < -0.39 is 0 Å². The first-order chi connectivity index (χ1) is 5.74. The molecule has 0 spiro atoms. The molecule has 0 amide bonds. The molecule has 0 aliphatic rings. The predicted molar refractivity (Wildman–Crippen MR) is 52.1 cm³/mol. The zero-order valence-electron chi connectivity index (χ0n) is 6.68. The van der Waals surface area contributed by atoms with E-state index in [1.54, 1.807) is 6.07 Å². The normalized spacial score (nSPS) is 9.54. The molecule has 2 N–H and O–H groups in total. The predicted octanol–water partition coefficient (Wildman–Crippen LogP) is 1.73. The molecule has 0 saturated carbocycles. The van der Waals surface area contributed by atoms with Gasteiger partial charge in [-0.3, -0.25) is 4.79 Å². The fourth-order valence-corrected chi connectivity index (χ4v) is 0.795. The first kappa shape index (κ1) is 11.5. The highest BCUT2D eigenvalue weighted by molar-refractivity contribution is 5.85. The molecule has 0 unspecified atom stereocenters. The maximum absolute atomic E-state index is 9.93. The van der Waals surface area contributed by atoms with Crippen LogP contribution in [0.25, 0.3) is 6.08 Å². The van der Waals surface area contributed by atoms with Gasteiger partial charge in [0.05, 0.1) is 0 Å². The van der Waals surface area contributed by atoms with Gasteiger partial charge in [-0.15, -0.1) is 12.4 Å². The number of carbonyl (C=O) groups is 1. The van der Waals surface area contributed by atoms with Gasteiger partial charge in [0.15, 0.2) is 11.5 Å². The second-order valence-electron chi connectivity index (χ2n) is 2.24. The molecule has 0 heterocycles. The Labute approximate surface area is 81.7 Å². The van der Waals surface area contributed by atoms with Gasteiger partial charge in [-0.25, -0.2) is 0 Å². The topological polar surface area (TPSA) is 57.5 Å². The third-order valence-electron chi connectivity index (χ3n) is 1.37. The molecule has 0 atom stereocenters. The zero-order chi connectivity index (χ0) is 8.97. The molecule has 0 fully saturated rings. The van der Waals surface area contributed by atoms with Crippen LogP contribution in [0.2, 0.25) is 0 Å². The zero-order valence-corrected chi connectivity index (χ0v) is 7.49. The van der Waals surface area contributed by atoms with E-state index in [1.807, 2.05) is 0 Å². The summed E-state index contributed by atoms with van der Waals surface area (Å²) in [7, 11) is 0. The molecule has 0 aliphatic heterocycles. The van der Waals surface area contributed by atoms with Crippen LogP contribution in [0.3, 0.4) is 0 Å². The average Bonchev–Trinajstić information content (AvgIpc) is 2.07. The first-order valence-electron chi connectivity index (χ1n) is 3.38. The summed E-state index contributed by atoms with van der Waals surface area (Å²) in [5.74, 6) is -0.360. The number of hydrogen-bond donors (Lipinski definition) is 2. The van der Waals surface area contributed by atoms with Gasteiger partial charge in [0.2, 0.25) is 0 Å². The van der Waals surface area contributed by atoms with Crippen molar-refractivity contribution in [3.63, 3.8) is 0 Å². The lowest BCUT2D eigenvalue weighted by molar-refractivity contribution is -0.104. The summed E-state index contributed by atoms with van der Waals surface area (Å²) in [5.41, 5.74) is 0.664. The molecule has 1 aromatic rings. The Hall–Kier alpha value is -1.48. The highest BCUT2D eigenvalue weighted by atomic mass is 35.5. The van der Waals surface area contributed by atoms with Crippen molar-refractivity contribution in [1.82, 2.24) is 0 Å². The number of aromatic hydroxyl groups is 2. The summed E-state index contributed by atoms with van der Waals surface area (Å²) in [6.45, 7) is 0. The molecule has 0 bridgehead atoms. The van der Waals surface area contributed by atoms with Crippen molar-refractivity contribution >= 4 is 24.8 Å². The molecule has 0 aromatic heterocycles. The number of allylic oxidation sites excluding steroid dienone is 1. The van der Waals surface area contributed by atoms with E-state index in [9.17, 15) is 4.79 Å². The maximum Gasteiger partial charge on any atom is 0.157 e. The summed E-state index contributed by atoms with van der Waals surface area (Å²) >= 11 is 0. The fourth-order valence-electron chi connectivity index (χ4n) is 0.795. The molecule has 1 rings (SSSR count). The minimum Gasteiger partial charge on any atom is -0.504 e. The summed E-state index contributed by atoms with van der Waals surface area (Å²) in [6.07, 6.45) is 3.49. The summed E-state index contributed by atoms with van der Waals surface area (Å²) in [5, 5.41) is 18.0. The van der Waals surface area contributed by atoms with Gasteiger partial charge in [-0.2, -0.15) is 0 Å². The van der Waals surface area contributed by atoms with Gasteiger partial charge >= 0.3 is 0 Å². The van der Waals surface area contributed by atoms with E-state index in [4.69, 9.17) is 10.2 Å². The Morgan fingerprint density at radius 2 is 1.85 bits per heavy atom. The van der Waals surface area contributed by atoms with Crippen molar-refractivity contribution in [3.8, 4) is 11.5 Å². The van der Waals surface area contributed by atoms with E-state index in [-0.39, 0.29) is 23.9 Å². The van der Waals surface area contributed by atoms with Gasteiger partial charge in [-0.1, -0.05) is 12.1 Å². The van der Waals surface area contributed by atoms with E-state index in [0.717, 1.165) is 0 Å². The van der Waals surface area contributed by atoms with Gasteiger partial charge in [-0.05, 0) is 23.8 Å². The highest BCUT2D eigenvalue weighted by Crippen LogP contribution is 2.25. The van der Waals surface area contributed by atoms with Crippen LogP contribution in [0.15, 0.2) is 24.3 Å². The molecule has 4 heteroatoms. The Bertz CT molecular complexity index is 321. The Kier molecular flexibility index (Phi) is 4.62. The molecule has 1 aromatic carbocycles. The molecular weight excluding hydrogens is 192 g/mol. The van der Waals surface area contributed by atoms with Crippen LogP contribution in [0.5, 0.6) is 11.5 Å². The van der Waals surface area contributed by atoms with Crippen LogP contribution < -0.4 is 0 Å². The number of hydrogen-bond acceptors (Lipinski definition) is 3. The molecule has 0 aliphatic carbocycles. The second kappa shape index (κ2) is 5.22. The van der Waals surface area contributed by atoms with Gasteiger partial charge in [0.1, 0.15) is 6.29 Å². The van der Waals surface area contributed by atoms with Crippen LogP contribution >= 0.6 is 12.4 Å². The largest absolute Gasteiger partial charge is 0.504 e. The lowest BCUT2D eigenvalue weighted by Gasteiger charge is -1.97. The fraction of sp³-hybridized carbons (Fsp3) is 0. The lowest BCUT2D eigenvalue weighted by Crippen LogP contribution is -1.73. The second-order valence-corrected chi connectivity index (χ2v) is 2.24. The van der Waals surface area contributed by atoms with Crippen molar-refractivity contribution in [2.24, 2.45) is 0 Å². The number of halogens is 1. The SMILES string of the molecule is Cl.O=CC=Cc1ccc(O)c(O)c1. The third kappa shape index (κ3) is 3.17. The van der Waals surface area contributed by atoms with E-state index in [2.05, 4.69) is 0 Å². The van der Waals surface area contributed by atoms with Crippen LogP contribution in [0, 0.1) is 0 Å². The van der Waals surface area contributed by atoms with Gasteiger partial charge < -0.3 is 10.2 Å². The molecular formula is C9H9ClO3. The van der Waals surface area contributed by atoms with E-state index in [0.29, 0.717) is 11.8 Å². The van der Waals surface area contributed by atoms with E-state index >= 15 is 0 Å². The molecule has 0 saturated heterocycles. The van der Waals surface area contributed by atoms with Gasteiger partial charge in [0, 0.05) is 0 Å². The summed E-state index contributed by atoms with van der Waals surface area (Å²) < 4.78 is 0. The molecule has 3 nitrogen and oxygen atoms in total. The molecule has 0 radical (unpaired) electrons. The Morgan fingerprint density at radius 1 is 1.15 bits per heavy atom. The standard InChI is InChI=1S/C9H8O3.ClH/c10-5-1-2-7-3-4-8(11)9(12)6-7;/h1-6,11-12H;1H. The van der Waals surface area contributed by atoms with Crippen LogP contribution in [-0.2, 0) is 4.79 Å². The minimum atomic E-state index is -0.192. The third-order valence-corrected chi connectivity index (χ3v) is 1.37. The minimum absolute atomic E-state index is 0. The van der Waals surface area contributed by atoms with Crippen molar-refractivity contribution in [2.45, 2.75) is 0 Å². The highest BCUT2D eigenvalue weighted by Gasteiger charge is 1.96. The number of phenols is 2. The van der Waals surface area contributed by atoms with Crippen LogP contribution in [-0.4, -0.2) is 16.5 Å². The monoisotopic (exact) mass is 200 g/mol. The number of carbonyl (C=O) groups excluding carboxylic acids is 1. The van der Waals surface area contributed by atoms with Crippen LogP contribution in [0.1, 0.15) is 5.56 Å². The summed E-state index contributed by atoms with van der Waals surface area (Å²) in [6, 6.07) is 4.32. The number of phenolic OH excluding ortho intramolecular Hbond substituents is 2. The quantitative estimate of drug-likeness (QED) is 0.434. The van der Waals surface area contributed by atoms with Gasteiger partial charge in [0.25, 0.3) is 0 Å². The average molecular weight is 201 g/mol. The van der Waals surface area contributed by atoms with Crippen molar-refractivity contribution in [1.29, 1.82) is 0 Å². The number of aldehydes is 1. The maximum atomic E-state index is 9.93. The molecule has 70 valence electrons. The number of benzene rings is 1. The lowest BCUT2D eigenvalue weighted by atomic mass is 10.2. The first-order valence-corrected chi connectivity index (χ1v) is 3.38. The smallest absolute Gasteiger partial charge is 0.157 e. The molecule has 13 heavy (non-hydrogen) atoms. The van der Waals surface area contributed by atoms with E-state index in [1.165, 1.54) is 24.3 Å². The summed E-state index contributed by atoms with van der Waals surface area (Å²) in [4.78, 5) is 9.93. The van der Waals surface area contributed by atoms with Crippen molar-refractivity contribution < 1.29 is 15.0 Å².